The molecule has 0 heterocycles. The first-order valence-corrected chi connectivity index (χ1v) is 8.14. The van der Waals surface area contributed by atoms with Crippen molar-refractivity contribution in [2.24, 2.45) is 5.92 Å². The van der Waals surface area contributed by atoms with Crippen LogP contribution in [0.25, 0.3) is 0 Å². The summed E-state index contributed by atoms with van der Waals surface area (Å²) in [7, 11) is -5.38. The number of sulfone groups is 1. The van der Waals surface area contributed by atoms with Crippen LogP contribution < -0.4 is 0 Å². The van der Waals surface area contributed by atoms with Gasteiger partial charge in [-0.1, -0.05) is 13.8 Å². The summed E-state index contributed by atoms with van der Waals surface area (Å²) in [6.45, 7) is 3.41. The molecule has 1 aromatic rings. The van der Waals surface area contributed by atoms with Gasteiger partial charge < -0.3 is 5.11 Å². The Morgan fingerprint density at radius 3 is 2.00 bits per heavy atom. The number of carboxylic acid groups (broad SMARTS) is 1. The monoisotopic (exact) mass is 342 g/mol. The second kappa shape index (κ2) is 6.27. The number of thioether (sulfide) groups is 1. The molecular weight excluding hydrogens is 329 g/mol. The molecule has 118 valence electrons. The molecule has 0 amide bonds. The molecule has 21 heavy (non-hydrogen) atoms. The Bertz CT molecular complexity index is 606. The van der Waals surface area contributed by atoms with Crippen molar-refractivity contribution in [3.63, 3.8) is 0 Å². The summed E-state index contributed by atoms with van der Waals surface area (Å²) in [5, 5.41) is 8.26. The van der Waals surface area contributed by atoms with E-state index < -0.39 is 31.5 Å². The molecule has 0 bridgehead atoms. The molecular formula is C12H13F3O4S2. The maximum absolute atomic E-state index is 12.4. The Labute approximate surface area is 124 Å². The van der Waals surface area contributed by atoms with Crippen molar-refractivity contribution in [3.05, 3.63) is 24.3 Å². The highest BCUT2D eigenvalue weighted by Gasteiger charge is 2.46. The zero-order valence-corrected chi connectivity index (χ0v) is 12.7. The van der Waals surface area contributed by atoms with E-state index in [1.807, 2.05) is 0 Å². The molecule has 0 saturated heterocycles. The van der Waals surface area contributed by atoms with Crippen molar-refractivity contribution in [1.82, 2.24) is 0 Å². The predicted molar refractivity (Wildman–Crippen MR) is 71.8 cm³/mol. The minimum absolute atomic E-state index is 0.189. The van der Waals surface area contributed by atoms with Gasteiger partial charge in [0.2, 0.25) is 0 Å². The van der Waals surface area contributed by atoms with Crippen molar-refractivity contribution in [1.29, 1.82) is 0 Å². The van der Waals surface area contributed by atoms with E-state index in [9.17, 15) is 26.4 Å². The Morgan fingerprint density at radius 1 is 1.19 bits per heavy atom. The number of carboxylic acids is 1. The fourth-order valence-electron chi connectivity index (χ4n) is 1.45. The fraction of sp³-hybridized carbons (Fsp3) is 0.417. The number of alkyl halides is 3. The lowest BCUT2D eigenvalue weighted by atomic mass is 10.1. The molecule has 0 aliphatic rings. The van der Waals surface area contributed by atoms with Gasteiger partial charge in [-0.25, -0.2) is 8.42 Å². The van der Waals surface area contributed by atoms with Crippen LogP contribution in [0.5, 0.6) is 0 Å². The van der Waals surface area contributed by atoms with Crippen LogP contribution in [0.2, 0.25) is 0 Å². The van der Waals surface area contributed by atoms with Gasteiger partial charge in [0.05, 0.1) is 4.90 Å². The van der Waals surface area contributed by atoms with Crippen molar-refractivity contribution in [3.8, 4) is 0 Å². The van der Waals surface area contributed by atoms with Gasteiger partial charge in [0.25, 0.3) is 9.84 Å². The summed E-state index contributed by atoms with van der Waals surface area (Å²) in [6.07, 6.45) is 0. The van der Waals surface area contributed by atoms with Gasteiger partial charge in [-0.15, -0.1) is 11.8 Å². The van der Waals surface area contributed by atoms with E-state index in [0.29, 0.717) is 4.90 Å². The second-order valence-electron chi connectivity index (χ2n) is 4.54. The number of benzene rings is 1. The van der Waals surface area contributed by atoms with Crippen molar-refractivity contribution < 1.29 is 31.5 Å². The van der Waals surface area contributed by atoms with E-state index >= 15 is 0 Å². The first-order valence-electron chi connectivity index (χ1n) is 5.77. The minimum Gasteiger partial charge on any atom is -0.480 e. The third kappa shape index (κ3) is 4.13. The van der Waals surface area contributed by atoms with Gasteiger partial charge in [0.15, 0.2) is 0 Å². The third-order valence-corrected chi connectivity index (χ3v) is 5.60. The summed E-state index contributed by atoms with van der Waals surface area (Å²) >= 11 is 0.956. The molecule has 0 radical (unpaired) electrons. The Morgan fingerprint density at radius 2 is 1.67 bits per heavy atom. The average Bonchev–Trinajstić information content (AvgIpc) is 2.34. The number of halogens is 3. The second-order valence-corrected chi connectivity index (χ2v) is 7.70. The molecule has 0 aliphatic carbocycles. The zero-order valence-electron chi connectivity index (χ0n) is 11.1. The lowest BCUT2D eigenvalue weighted by molar-refractivity contribution is -0.137. The first-order chi connectivity index (χ1) is 9.46. The molecule has 9 heteroatoms. The van der Waals surface area contributed by atoms with E-state index in [1.165, 1.54) is 12.1 Å². The van der Waals surface area contributed by atoms with Crippen LogP contribution in [-0.4, -0.2) is 30.3 Å². The molecule has 1 rings (SSSR count). The van der Waals surface area contributed by atoms with Crippen LogP contribution in [0.15, 0.2) is 34.1 Å². The minimum atomic E-state index is -5.38. The summed E-state index contributed by atoms with van der Waals surface area (Å²) in [4.78, 5) is 10.6. The SMILES string of the molecule is CC(C)C(Sc1ccc(S(=O)(=O)C(F)(F)F)cc1)C(=O)O. The first kappa shape index (κ1) is 17.8. The van der Waals surface area contributed by atoms with Crippen LogP contribution in [0, 0.1) is 5.92 Å². The van der Waals surface area contributed by atoms with E-state index in [2.05, 4.69) is 0 Å². The Kier molecular flexibility index (Phi) is 5.32. The largest absolute Gasteiger partial charge is 0.501 e. The van der Waals surface area contributed by atoms with Crippen LogP contribution >= 0.6 is 11.8 Å². The molecule has 1 unspecified atom stereocenters. The van der Waals surface area contributed by atoms with E-state index in [4.69, 9.17) is 5.11 Å². The molecule has 0 aromatic heterocycles. The van der Waals surface area contributed by atoms with Gasteiger partial charge >= 0.3 is 11.5 Å². The molecule has 4 nitrogen and oxygen atoms in total. The average molecular weight is 342 g/mol. The topological polar surface area (TPSA) is 71.4 Å². The van der Waals surface area contributed by atoms with Crippen molar-refractivity contribution in [2.45, 2.75) is 34.4 Å². The number of hydrogen-bond acceptors (Lipinski definition) is 4. The van der Waals surface area contributed by atoms with Gasteiger partial charge in [0.1, 0.15) is 5.25 Å². The highest BCUT2D eigenvalue weighted by atomic mass is 32.2. The normalized spacial score (nSPS) is 14.2. The third-order valence-electron chi connectivity index (χ3n) is 2.55. The maximum atomic E-state index is 12.4. The molecule has 1 N–H and O–H groups in total. The summed E-state index contributed by atoms with van der Waals surface area (Å²) in [5.41, 5.74) is -5.36. The molecule has 0 spiro atoms. The van der Waals surface area contributed by atoms with Gasteiger partial charge in [-0.3, -0.25) is 4.79 Å². The predicted octanol–water partition coefficient (Wildman–Crippen LogP) is 3.18. The summed E-state index contributed by atoms with van der Waals surface area (Å²) < 4.78 is 59.5. The van der Waals surface area contributed by atoms with E-state index in [0.717, 1.165) is 23.9 Å². The van der Waals surface area contributed by atoms with Crippen LogP contribution in [0.1, 0.15) is 13.8 Å². The van der Waals surface area contributed by atoms with Crippen molar-refractivity contribution >= 4 is 27.6 Å². The highest BCUT2D eigenvalue weighted by Crippen LogP contribution is 2.33. The number of aliphatic carboxylic acids is 1. The lowest BCUT2D eigenvalue weighted by Crippen LogP contribution is -2.23. The van der Waals surface area contributed by atoms with Gasteiger partial charge in [0, 0.05) is 4.90 Å². The standard InChI is InChI=1S/C12H13F3O4S2/c1-7(2)10(11(16)17)20-8-3-5-9(6-4-8)21(18,19)12(13,14)15/h3-7,10H,1-2H3,(H,16,17). The Hall–Kier alpha value is -1.22. The van der Waals surface area contributed by atoms with Crippen LogP contribution in [-0.2, 0) is 14.6 Å². The Balaban J connectivity index is 3.02. The van der Waals surface area contributed by atoms with Crippen LogP contribution in [0.4, 0.5) is 13.2 Å². The summed E-state index contributed by atoms with van der Waals surface area (Å²) in [6, 6.07) is 3.98. The zero-order chi connectivity index (χ0) is 16.4. The van der Waals surface area contributed by atoms with Crippen LogP contribution in [0.3, 0.4) is 0 Å². The van der Waals surface area contributed by atoms with E-state index in [-0.39, 0.29) is 5.92 Å². The maximum Gasteiger partial charge on any atom is 0.501 e. The van der Waals surface area contributed by atoms with Crippen molar-refractivity contribution in [2.75, 3.05) is 0 Å². The smallest absolute Gasteiger partial charge is 0.480 e. The lowest BCUT2D eigenvalue weighted by Gasteiger charge is -2.15. The number of carbonyl (C=O) groups is 1. The highest BCUT2D eigenvalue weighted by molar-refractivity contribution is 8.00. The number of hydrogen-bond donors (Lipinski definition) is 1. The number of rotatable bonds is 5. The quantitative estimate of drug-likeness (QED) is 0.832. The molecule has 0 saturated carbocycles. The van der Waals surface area contributed by atoms with E-state index in [1.54, 1.807) is 13.8 Å². The molecule has 0 fully saturated rings. The molecule has 1 aromatic carbocycles. The molecule has 0 aliphatic heterocycles. The van der Waals surface area contributed by atoms with Gasteiger partial charge in [-0.05, 0) is 30.2 Å². The van der Waals surface area contributed by atoms with Gasteiger partial charge in [-0.2, -0.15) is 13.2 Å². The summed E-state index contributed by atoms with van der Waals surface area (Å²) in [5.74, 6) is -1.23. The fourth-order valence-corrected chi connectivity index (χ4v) is 3.17. The molecule has 1 atom stereocenters.